The van der Waals surface area contributed by atoms with E-state index in [9.17, 15) is 14.4 Å². The quantitative estimate of drug-likeness (QED) is 0.813. The third kappa shape index (κ3) is 3.56. The van der Waals surface area contributed by atoms with Crippen LogP contribution in [0, 0.1) is 11.8 Å². The zero-order chi connectivity index (χ0) is 18.8. The molecule has 1 aliphatic rings. The number of hydrogen-bond acceptors (Lipinski definition) is 3. The molecular formula is C19H24N4O3. The highest BCUT2D eigenvalue weighted by molar-refractivity contribution is 6.07. The van der Waals surface area contributed by atoms with Crippen molar-refractivity contribution in [1.82, 2.24) is 20.3 Å². The molecule has 3 amide bonds. The van der Waals surface area contributed by atoms with Gasteiger partial charge in [-0.3, -0.25) is 25.2 Å². The maximum atomic E-state index is 12.4. The largest absolute Gasteiger partial charge is 0.350 e. The van der Waals surface area contributed by atoms with E-state index in [2.05, 4.69) is 10.9 Å². The first-order valence-electron chi connectivity index (χ1n) is 8.79. The number of aryl methyl sites for hydroxylation is 1. The van der Waals surface area contributed by atoms with Gasteiger partial charge < -0.3 is 9.47 Å². The van der Waals surface area contributed by atoms with Gasteiger partial charge in [-0.05, 0) is 12.0 Å². The number of rotatable bonds is 4. The Morgan fingerprint density at radius 3 is 2.69 bits per heavy atom. The number of carbonyl (C=O) groups excluding carboxylic acids is 3. The molecule has 2 aromatic rings. The highest BCUT2D eigenvalue weighted by Gasteiger charge is 2.34. The molecule has 0 radical (unpaired) electrons. The number of benzene rings is 1. The lowest BCUT2D eigenvalue weighted by molar-refractivity contribution is -0.129. The van der Waals surface area contributed by atoms with Crippen LogP contribution in [0.4, 0.5) is 0 Å². The lowest BCUT2D eigenvalue weighted by Gasteiger charge is -2.18. The summed E-state index contributed by atoms with van der Waals surface area (Å²) in [6, 6.07) is 7.57. The first-order chi connectivity index (χ1) is 12.4. The van der Waals surface area contributed by atoms with Crippen LogP contribution < -0.4 is 10.9 Å². The van der Waals surface area contributed by atoms with Crippen LogP contribution in [0.15, 0.2) is 30.5 Å². The van der Waals surface area contributed by atoms with E-state index in [0.29, 0.717) is 24.6 Å². The number of nitrogens with one attached hydrogen (secondary N) is 2. The zero-order valence-corrected chi connectivity index (χ0v) is 15.3. The van der Waals surface area contributed by atoms with Gasteiger partial charge in [0.05, 0.1) is 11.5 Å². The second kappa shape index (κ2) is 7.19. The van der Waals surface area contributed by atoms with Crippen LogP contribution in [0.3, 0.4) is 0 Å². The number of carbonyl (C=O) groups is 3. The number of hydrogen-bond donors (Lipinski definition) is 2. The van der Waals surface area contributed by atoms with Gasteiger partial charge in [-0.2, -0.15) is 0 Å². The molecule has 2 heterocycles. The number of nitrogens with zero attached hydrogens (tertiary/aromatic N) is 2. The Morgan fingerprint density at radius 1 is 1.23 bits per heavy atom. The molecule has 0 saturated carbocycles. The molecule has 26 heavy (non-hydrogen) atoms. The molecule has 1 saturated heterocycles. The van der Waals surface area contributed by atoms with Crippen molar-refractivity contribution in [3.8, 4) is 0 Å². The van der Waals surface area contributed by atoms with Gasteiger partial charge in [-0.25, -0.2) is 0 Å². The first-order valence-corrected chi connectivity index (χ1v) is 8.79. The summed E-state index contributed by atoms with van der Waals surface area (Å²) in [6.07, 6.45) is 1.91. The van der Waals surface area contributed by atoms with Crippen molar-refractivity contribution in [3.05, 3.63) is 36.0 Å². The number of amides is 3. The smallest absolute Gasteiger partial charge is 0.271 e. The molecule has 7 nitrogen and oxygen atoms in total. The second-order valence-electron chi connectivity index (χ2n) is 7.21. The standard InChI is InChI=1S/C19H24N4O3/c1-12(2)9-23-10-13(8-17(23)24)18(25)20-21-19(26)15-11-22(3)16-7-5-4-6-14(15)16/h4-7,11-13H,8-10H2,1-3H3,(H,20,25)(H,21,26)/t13-/m1/s1. The third-order valence-corrected chi connectivity index (χ3v) is 4.61. The van der Waals surface area contributed by atoms with Crippen molar-refractivity contribution in [1.29, 1.82) is 0 Å². The van der Waals surface area contributed by atoms with E-state index in [-0.39, 0.29) is 24.1 Å². The predicted molar refractivity (Wildman–Crippen MR) is 98.1 cm³/mol. The molecule has 1 aliphatic heterocycles. The molecule has 0 spiro atoms. The van der Waals surface area contributed by atoms with Crippen LogP contribution in [-0.2, 0) is 16.6 Å². The Morgan fingerprint density at radius 2 is 1.96 bits per heavy atom. The van der Waals surface area contributed by atoms with E-state index in [1.54, 1.807) is 11.1 Å². The van der Waals surface area contributed by atoms with Crippen LogP contribution in [-0.4, -0.2) is 40.3 Å². The fourth-order valence-corrected chi connectivity index (χ4v) is 3.38. The molecule has 1 fully saturated rings. The summed E-state index contributed by atoms with van der Waals surface area (Å²) in [6.45, 7) is 5.11. The van der Waals surface area contributed by atoms with E-state index in [1.807, 2.05) is 49.7 Å². The molecule has 0 aliphatic carbocycles. The third-order valence-electron chi connectivity index (χ3n) is 4.61. The summed E-state index contributed by atoms with van der Waals surface area (Å²) in [7, 11) is 1.87. The van der Waals surface area contributed by atoms with Crippen LogP contribution >= 0.6 is 0 Å². The number of aromatic nitrogens is 1. The van der Waals surface area contributed by atoms with Gasteiger partial charge in [-0.1, -0.05) is 32.0 Å². The molecular weight excluding hydrogens is 332 g/mol. The number of hydrazine groups is 1. The average Bonchev–Trinajstić information content (AvgIpc) is 3.13. The average molecular weight is 356 g/mol. The topological polar surface area (TPSA) is 83.4 Å². The van der Waals surface area contributed by atoms with Gasteiger partial charge in [0.2, 0.25) is 11.8 Å². The van der Waals surface area contributed by atoms with E-state index in [0.717, 1.165) is 10.9 Å². The highest BCUT2D eigenvalue weighted by atomic mass is 16.2. The number of likely N-dealkylation sites (tertiary alicyclic amines) is 1. The highest BCUT2D eigenvalue weighted by Crippen LogP contribution is 2.21. The molecule has 1 aromatic heterocycles. The van der Waals surface area contributed by atoms with Gasteiger partial charge in [0.1, 0.15) is 0 Å². The minimum absolute atomic E-state index is 0.0146. The van der Waals surface area contributed by atoms with E-state index < -0.39 is 5.92 Å². The Balaban J connectivity index is 1.61. The maximum Gasteiger partial charge on any atom is 0.271 e. The minimum atomic E-state index is -0.436. The van der Waals surface area contributed by atoms with Crippen LogP contribution in [0.25, 0.3) is 10.9 Å². The van der Waals surface area contributed by atoms with Crippen molar-refractivity contribution in [2.75, 3.05) is 13.1 Å². The molecule has 0 unspecified atom stereocenters. The fraction of sp³-hybridized carbons (Fsp3) is 0.421. The maximum absolute atomic E-state index is 12.4. The first kappa shape index (κ1) is 18.0. The lowest BCUT2D eigenvalue weighted by atomic mass is 10.1. The van der Waals surface area contributed by atoms with Crippen LogP contribution in [0.5, 0.6) is 0 Å². The van der Waals surface area contributed by atoms with E-state index in [1.165, 1.54) is 0 Å². The van der Waals surface area contributed by atoms with Crippen molar-refractivity contribution in [3.63, 3.8) is 0 Å². The van der Waals surface area contributed by atoms with E-state index >= 15 is 0 Å². The molecule has 1 aromatic carbocycles. The Labute approximate surface area is 152 Å². The van der Waals surface area contributed by atoms with Crippen molar-refractivity contribution in [2.24, 2.45) is 18.9 Å². The van der Waals surface area contributed by atoms with Crippen LogP contribution in [0.1, 0.15) is 30.6 Å². The van der Waals surface area contributed by atoms with Gasteiger partial charge >= 0.3 is 0 Å². The van der Waals surface area contributed by atoms with Crippen LogP contribution in [0.2, 0.25) is 0 Å². The molecule has 7 heteroatoms. The summed E-state index contributed by atoms with van der Waals surface area (Å²) in [5.41, 5.74) is 6.37. The predicted octanol–water partition coefficient (Wildman–Crippen LogP) is 1.44. The van der Waals surface area contributed by atoms with Gasteiger partial charge in [0, 0.05) is 43.7 Å². The normalized spacial score (nSPS) is 17.2. The summed E-state index contributed by atoms with van der Waals surface area (Å²) >= 11 is 0. The summed E-state index contributed by atoms with van der Waals surface area (Å²) in [5, 5.41) is 0.820. The Hall–Kier alpha value is -2.83. The molecule has 3 rings (SSSR count). The zero-order valence-electron chi connectivity index (χ0n) is 15.3. The van der Waals surface area contributed by atoms with E-state index in [4.69, 9.17) is 0 Å². The number of para-hydroxylation sites is 1. The summed E-state index contributed by atoms with van der Waals surface area (Å²) in [5.74, 6) is -0.808. The van der Waals surface area contributed by atoms with Gasteiger partial charge in [0.25, 0.3) is 5.91 Å². The number of fused-ring (bicyclic) bond motifs is 1. The molecule has 2 N–H and O–H groups in total. The van der Waals surface area contributed by atoms with Crippen molar-refractivity contribution < 1.29 is 14.4 Å². The Bertz CT molecular complexity index is 856. The SMILES string of the molecule is CC(C)CN1C[C@H](C(=O)NNC(=O)c2cn(C)c3ccccc23)CC1=O. The van der Waals surface area contributed by atoms with Crippen molar-refractivity contribution in [2.45, 2.75) is 20.3 Å². The van der Waals surface area contributed by atoms with Crippen molar-refractivity contribution >= 4 is 28.6 Å². The second-order valence-corrected chi connectivity index (χ2v) is 7.21. The molecule has 0 bridgehead atoms. The fourth-order valence-electron chi connectivity index (χ4n) is 3.38. The summed E-state index contributed by atoms with van der Waals surface area (Å²) < 4.78 is 1.87. The Kier molecular flexibility index (Phi) is 4.97. The molecule has 1 atom stereocenters. The van der Waals surface area contributed by atoms with Gasteiger partial charge in [-0.15, -0.1) is 0 Å². The summed E-state index contributed by atoms with van der Waals surface area (Å²) in [4.78, 5) is 38.5. The van der Waals surface area contributed by atoms with Gasteiger partial charge in [0.15, 0.2) is 0 Å². The minimum Gasteiger partial charge on any atom is -0.350 e. The lowest BCUT2D eigenvalue weighted by Crippen LogP contribution is -2.45. The monoisotopic (exact) mass is 356 g/mol. The molecule has 138 valence electrons.